The monoisotopic (exact) mass is 559 g/mol. The third-order valence-electron chi connectivity index (χ3n) is 5.09. The summed E-state index contributed by atoms with van der Waals surface area (Å²) in [4.78, 5) is 18.9. The van der Waals surface area contributed by atoms with Gasteiger partial charge in [0.05, 0.1) is 6.54 Å². The van der Waals surface area contributed by atoms with Crippen molar-refractivity contribution in [2.75, 3.05) is 57.3 Å². The fourth-order valence-corrected chi connectivity index (χ4v) is 4.15. The van der Waals surface area contributed by atoms with Crippen LogP contribution < -0.4 is 15.5 Å². The minimum Gasteiger partial charge on any atom is -0.383 e. The lowest BCUT2D eigenvalue weighted by molar-refractivity contribution is 0.0711. The van der Waals surface area contributed by atoms with E-state index >= 15 is 0 Å². The Hall–Kier alpha value is -1.50. The van der Waals surface area contributed by atoms with E-state index in [9.17, 15) is 5.11 Å². The minimum atomic E-state index is -0.946. The largest absolute Gasteiger partial charge is 0.383 e. The van der Waals surface area contributed by atoms with Crippen LogP contribution in [-0.4, -0.2) is 78.3 Å². The Morgan fingerprint density at radius 3 is 2.58 bits per heavy atom. The molecule has 0 spiro atoms. The van der Waals surface area contributed by atoms with Crippen molar-refractivity contribution in [3.8, 4) is 0 Å². The molecule has 0 aromatic carbocycles. The molecule has 8 nitrogen and oxygen atoms in total. The quantitative estimate of drug-likeness (QED) is 0.188. The number of hydrogen-bond donors (Lipinski definition) is 3. The summed E-state index contributed by atoms with van der Waals surface area (Å²) < 4.78 is 0. The molecular weight excluding hydrogens is 525 g/mol. The van der Waals surface area contributed by atoms with Gasteiger partial charge in [0.2, 0.25) is 5.95 Å². The maximum Gasteiger partial charge on any atom is 0.225 e. The van der Waals surface area contributed by atoms with Crippen LogP contribution in [0.25, 0.3) is 0 Å². The molecule has 2 aromatic heterocycles. The summed E-state index contributed by atoms with van der Waals surface area (Å²) in [6.07, 6.45) is 4.63. The van der Waals surface area contributed by atoms with E-state index in [1.807, 2.05) is 37.4 Å². The molecule has 0 radical (unpaired) electrons. The molecule has 0 saturated carbocycles. The van der Waals surface area contributed by atoms with Gasteiger partial charge in [0, 0.05) is 56.5 Å². The van der Waals surface area contributed by atoms with Crippen LogP contribution in [0.4, 0.5) is 5.95 Å². The first-order valence-corrected chi connectivity index (χ1v) is 11.5. The number of hydrogen-bond acceptors (Lipinski definition) is 7. The second kappa shape index (κ2) is 13.1. The average molecular weight is 560 g/mol. The zero-order valence-corrected chi connectivity index (χ0v) is 21.5. The number of aromatic nitrogens is 2. The van der Waals surface area contributed by atoms with Gasteiger partial charge in [0.15, 0.2) is 5.96 Å². The molecule has 10 heteroatoms. The molecule has 1 unspecified atom stereocenters. The minimum absolute atomic E-state index is 0. The Morgan fingerprint density at radius 2 is 1.94 bits per heavy atom. The molecule has 172 valence electrons. The van der Waals surface area contributed by atoms with Crippen LogP contribution in [0.5, 0.6) is 0 Å². The van der Waals surface area contributed by atoms with Crippen LogP contribution in [0.3, 0.4) is 0 Å². The number of aliphatic hydroxyl groups is 1. The lowest BCUT2D eigenvalue weighted by Gasteiger charge is -2.34. The number of guanidine groups is 1. The lowest BCUT2D eigenvalue weighted by Crippen LogP contribution is -2.47. The topological polar surface area (TPSA) is 88.9 Å². The van der Waals surface area contributed by atoms with Gasteiger partial charge in [-0.25, -0.2) is 15.0 Å². The summed E-state index contributed by atoms with van der Waals surface area (Å²) in [5.74, 6) is 1.57. The van der Waals surface area contributed by atoms with E-state index < -0.39 is 5.60 Å². The highest BCUT2D eigenvalue weighted by Crippen LogP contribution is 2.25. The first-order chi connectivity index (χ1) is 14.6. The van der Waals surface area contributed by atoms with Crippen LogP contribution in [0.15, 0.2) is 41.0 Å². The predicted octanol–water partition coefficient (Wildman–Crippen LogP) is 2.13. The third kappa shape index (κ3) is 8.17. The van der Waals surface area contributed by atoms with Crippen LogP contribution >= 0.6 is 35.3 Å². The summed E-state index contributed by atoms with van der Waals surface area (Å²) in [6.45, 7) is 10.8. The molecular formula is C21H34IN7OS. The Morgan fingerprint density at radius 1 is 1.19 bits per heavy atom. The maximum absolute atomic E-state index is 10.7. The molecule has 1 saturated heterocycles. The summed E-state index contributed by atoms with van der Waals surface area (Å²) in [5, 5.41) is 19.3. The smallest absolute Gasteiger partial charge is 0.225 e. The third-order valence-corrected chi connectivity index (χ3v) is 6.22. The van der Waals surface area contributed by atoms with Crippen molar-refractivity contribution in [1.29, 1.82) is 0 Å². The zero-order chi connectivity index (χ0) is 21.2. The number of thiophene rings is 1. The molecule has 1 atom stereocenters. The van der Waals surface area contributed by atoms with Gasteiger partial charge in [0.1, 0.15) is 5.60 Å². The highest BCUT2D eigenvalue weighted by atomic mass is 127. The molecule has 1 fully saturated rings. The molecule has 0 bridgehead atoms. The molecule has 0 amide bonds. The zero-order valence-electron chi connectivity index (χ0n) is 18.3. The van der Waals surface area contributed by atoms with Gasteiger partial charge in [-0.2, -0.15) is 0 Å². The van der Waals surface area contributed by atoms with Gasteiger partial charge in [-0.3, -0.25) is 4.90 Å². The summed E-state index contributed by atoms with van der Waals surface area (Å²) >= 11 is 1.55. The normalized spacial score (nSPS) is 17.0. The molecule has 0 aliphatic carbocycles. The van der Waals surface area contributed by atoms with Crippen molar-refractivity contribution in [2.24, 2.45) is 4.99 Å². The van der Waals surface area contributed by atoms with E-state index in [2.05, 4.69) is 35.4 Å². The van der Waals surface area contributed by atoms with E-state index in [1.165, 1.54) is 0 Å². The number of nitrogens with one attached hydrogen (secondary N) is 2. The van der Waals surface area contributed by atoms with Crippen LogP contribution in [0.1, 0.15) is 25.1 Å². The summed E-state index contributed by atoms with van der Waals surface area (Å²) in [6, 6.07) is 5.75. The molecule has 3 heterocycles. The Balaban J connectivity index is 0.00000341. The molecule has 3 N–H and O–H groups in total. The van der Waals surface area contributed by atoms with Crippen molar-refractivity contribution < 1.29 is 5.11 Å². The van der Waals surface area contributed by atoms with E-state index in [1.54, 1.807) is 23.7 Å². The Bertz CT molecular complexity index is 765. The lowest BCUT2D eigenvalue weighted by atomic mass is 10.1. The number of aliphatic imine (C=N–C) groups is 1. The van der Waals surface area contributed by atoms with Gasteiger partial charge >= 0.3 is 0 Å². The summed E-state index contributed by atoms with van der Waals surface area (Å²) in [5.41, 5.74) is -0.946. The second-order valence-corrected chi connectivity index (χ2v) is 8.55. The van der Waals surface area contributed by atoms with E-state index in [4.69, 9.17) is 0 Å². The molecule has 1 aliphatic heterocycles. The molecule has 3 rings (SSSR count). The van der Waals surface area contributed by atoms with Gasteiger partial charge in [-0.05, 0) is 44.3 Å². The number of rotatable bonds is 9. The van der Waals surface area contributed by atoms with E-state index in [0.717, 1.165) is 69.0 Å². The molecule has 2 aromatic rings. The Kier molecular flexibility index (Phi) is 10.9. The number of halogens is 1. The van der Waals surface area contributed by atoms with Gasteiger partial charge in [0.25, 0.3) is 0 Å². The first-order valence-electron chi connectivity index (χ1n) is 10.6. The van der Waals surface area contributed by atoms with Crippen molar-refractivity contribution >= 4 is 47.2 Å². The van der Waals surface area contributed by atoms with Crippen LogP contribution in [0, 0.1) is 0 Å². The van der Waals surface area contributed by atoms with Gasteiger partial charge in [-0.15, -0.1) is 35.3 Å². The number of nitrogens with zero attached hydrogens (tertiary/aromatic N) is 5. The molecule has 31 heavy (non-hydrogen) atoms. The van der Waals surface area contributed by atoms with Crippen molar-refractivity contribution in [3.63, 3.8) is 0 Å². The Labute approximate surface area is 206 Å². The number of anilines is 1. The SMILES string of the molecule is CCNC(=NCC(C)(O)c1cccs1)NCCCN1CCN(c2ncccn2)CC1.I. The van der Waals surface area contributed by atoms with E-state index in [-0.39, 0.29) is 24.0 Å². The average Bonchev–Trinajstić information content (AvgIpc) is 3.32. The fourth-order valence-electron chi connectivity index (χ4n) is 3.37. The van der Waals surface area contributed by atoms with Gasteiger partial charge in [-0.1, -0.05) is 6.07 Å². The van der Waals surface area contributed by atoms with E-state index in [0.29, 0.717) is 6.54 Å². The van der Waals surface area contributed by atoms with Crippen LogP contribution in [-0.2, 0) is 5.60 Å². The highest BCUT2D eigenvalue weighted by molar-refractivity contribution is 14.0. The maximum atomic E-state index is 10.7. The fraction of sp³-hybridized carbons (Fsp3) is 0.571. The van der Waals surface area contributed by atoms with Crippen molar-refractivity contribution in [3.05, 3.63) is 40.8 Å². The standard InChI is InChI=1S/C21H33N7OS.HI/c1-3-22-19(26-17-21(2,29)18-7-4-16-30-18)23-10-6-11-27-12-14-28(15-13-27)20-24-8-5-9-25-20;/h4-5,7-9,16,29H,3,6,10-15,17H2,1-2H3,(H2,22,23,26);1H. The van der Waals surface area contributed by atoms with Crippen molar-refractivity contribution in [2.45, 2.75) is 25.9 Å². The predicted molar refractivity (Wildman–Crippen MR) is 139 cm³/mol. The molecule has 1 aliphatic rings. The van der Waals surface area contributed by atoms with Crippen LogP contribution in [0.2, 0.25) is 0 Å². The second-order valence-electron chi connectivity index (χ2n) is 7.60. The first kappa shape index (κ1) is 25.8. The van der Waals surface area contributed by atoms with Gasteiger partial charge < -0.3 is 20.6 Å². The summed E-state index contributed by atoms with van der Waals surface area (Å²) in [7, 11) is 0. The highest BCUT2D eigenvalue weighted by Gasteiger charge is 2.24. The van der Waals surface area contributed by atoms with Crippen molar-refractivity contribution in [1.82, 2.24) is 25.5 Å². The number of piperazine rings is 1.